The largest absolute Gasteiger partial charge is 0.493 e. The van der Waals surface area contributed by atoms with Gasteiger partial charge in [-0.2, -0.15) is 0 Å². The van der Waals surface area contributed by atoms with Crippen LogP contribution in [0.3, 0.4) is 0 Å². The van der Waals surface area contributed by atoms with Gasteiger partial charge in [-0.15, -0.1) is 0 Å². The molecule has 1 aromatic heterocycles. The molecule has 2 fully saturated rings. The van der Waals surface area contributed by atoms with Crippen molar-refractivity contribution in [2.24, 2.45) is 0 Å². The fourth-order valence-corrected chi connectivity index (χ4v) is 4.48. The van der Waals surface area contributed by atoms with Crippen molar-refractivity contribution in [3.63, 3.8) is 0 Å². The third-order valence-electron chi connectivity index (χ3n) is 6.31. The van der Waals surface area contributed by atoms with Gasteiger partial charge in [0.1, 0.15) is 0 Å². The zero-order valence-corrected chi connectivity index (χ0v) is 19.7. The van der Waals surface area contributed by atoms with Crippen LogP contribution in [-0.2, 0) is 11.3 Å². The van der Waals surface area contributed by atoms with Gasteiger partial charge >= 0.3 is 0 Å². The molecule has 0 radical (unpaired) electrons. The van der Waals surface area contributed by atoms with Gasteiger partial charge in [0.15, 0.2) is 17.8 Å². The fraction of sp³-hybridized carbons (Fsp3) is 0.370. The molecule has 1 N–H and O–H groups in total. The van der Waals surface area contributed by atoms with Crippen LogP contribution in [-0.4, -0.2) is 51.2 Å². The zero-order chi connectivity index (χ0) is 23.2. The van der Waals surface area contributed by atoms with E-state index < -0.39 is 0 Å². The van der Waals surface area contributed by atoms with Gasteiger partial charge in [-0.25, -0.2) is 0 Å². The monoisotopic (exact) mass is 460 g/mol. The van der Waals surface area contributed by atoms with Gasteiger partial charge in [0, 0.05) is 74.7 Å². The van der Waals surface area contributed by atoms with Crippen LogP contribution >= 0.6 is 0 Å². The van der Waals surface area contributed by atoms with Crippen LogP contribution in [0.15, 0.2) is 67.0 Å². The maximum atomic E-state index is 6.17. The molecule has 5 rings (SSSR count). The van der Waals surface area contributed by atoms with Gasteiger partial charge in [-0.3, -0.25) is 4.98 Å². The molecule has 2 aliphatic rings. The van der Waals surface area contributed by atoms with Gasteiger partial charge < -0.3 is 29.3 Å². The number of benzene rings is 2. The second-order valence-corrected chi connectivity index (χ2v) is 8.60. The first-order chi connectivity index (χ1) is 16.8. The van der Waals surface area contributed by atoms with Crippen molar-refractivity contribution in [1.82, 2.24) is 10.3 Å². The van der Waals surface area contributed by atoms with E-state index >= 15 is 0 Å². The first kappa shape index (κ1) is 22.5. The van der Waals surface area contributed by atoms with Crippen molar-refractivity contribution in [3.8, 4) is 11.5 Å². The van der Waals surface area contributed by atoms with Gasteiger partial charge in [0.25, 0.3) is 0 Å². The molecule has 3 aromatic rings. The quantitative estimate of drug-likeness (QED) is 0.536. The number of methoxy groups -OCH3 is 1. The summed E-state index contributed by atoms with van der Waals surface area (Å²) in [7, 11) is 1.67. The van der Waals surface area contributed by atoms with Gasteiger partial charge in [-0.05, 0) is 54.4 Å². The summed E-state index contributed by atoms with van der Waals surface area (Å²) in [6, 6.07) is 19.0. The summed E-state index contributed by atoms with van der Waals surface area (Å²) in [5.41, 5.74) is 4.51. The van der Waals surface area contributed by atoms with E-state index in [1.54, 1.807) is 13.3 Å². The van der Waals surface area contributed by atoms with E-state index in [0.29, 0.717) is 18.0 Å². The van der Waals surface area contributed by atoms with E-state index in [1.165, 1.54) is 5.69 Å². The van der Waals surface area contributed by atoms with E-state index in [1.807, 2.05) is 24.4 Å². The molecular formula is C27H32N4O3. The van der Waals surface area contributed by atoms with Crippen LogP contribution in [0.2, 0.25) is 0 Å². The highest BCUT2D eigenvalue weighted by molar-refractivity contribution is 5.68. The number of hydrogen-bond acceptors (Lipinski definition) is 7. The van der Waals surface area contributed by atoms with Crippen LogP contribution in [0.1, 0.15) is 18.4 Å². The summed E-state index contributed by atoms with van der Waals surface area (Å²) in [5.74, 6) is 1.40. The number of nitrogens with one attached hydrogen (secondary N) is 1. The molecule has 0 amide bonds. The fourth-order valence-electron chi connectivity index (χ4n) is 4.48. The van der Waals surface area contributed by atoms with Crippen molar-refractivity contribution in [2.45, 2.75) is 25.7 Å². The highest BCUT2D eigenvalue weighted by atomic mass is 16.7. The molecule has 7 heteroatoms. The Kier molecular flexibility index (Phi) is 7.12. The van der Waals surface area contributed by atoms with E-state index in [-0.39, 0.29) is 6.29 Å². The molecular weight excluding hydrogens is 428 g/mol. The summed E-state index contributed by atoms with van der Waals surface area (Å²) in [6.07, 6.45) is 5.39. The number of aromatic nitrogens is 1. The van der Waals surface area contributed by atoms with Gasteiger partial charge in [0.05, 0.1) is 13.7 Å². The number of piperazine rings is 1. The molecule has 2 saturated heterocycles. The Morgan fingerprint density at radius 2 is 1.88 bits per heavy atom. The van der Waals surface area contributed by atoms with Crippen molar-refractivity contribution < 1.29 is 14.2 Å². The summed E-state index contributed by atoms with van der Waals surface area (Å²) in [4.78, 5) is 9.01. The third kappa shape index (κ3) is 5.26. The van der Waals surface area contributed by atoms with Crippen molar-refractivity contribution >= 4 is 17.1 Å². The number of nitrogens with zero attached hydrogens (tertiary/aromatic N) is 3. The smallest absolute Gasteiger partial charge is 0.200 e. The van der Waals surface area contributed by atoms with E-state index in [2.05, 4.69) is 56.5 Å². The summed E-state index contributed by atoms with van der Waals surface area (Å²) in [6.45, 7) is 5.52. The lowest BCUT2D eigenvalue weighted by atomic mass is 10.1. The highest BCUT2D eigenvalue weighted by Crippen LogP contribution is 2.37. The van der Waals surface area contributed by atoms with E-state index in [0.717, 1.165) is 62.6 Å². The van der Waals surface area contributed by atoms with Crippen molar-refractivity contribution in [2.75, 3.05) is 49.7 Å². The molecule has 0 aliphatic carbocycles. The Labute approximate surface area is 201 Å². The molecule has 0 spiro atoms. The topological polar surface area (TPSA) is 59.1 Å². The molecule has 178 valence electrons. The molecule has 1 atom stereocenters. The number of hydrogen-bond donors (Lipinski definition) is 1. The number of rotatable bonds is 8. The maximum absolute atomic E-state index is 6.17. The van der Waals surface area contributed by atoms with Crippen molar-refractivity contribution in [1.29, 1.82) is 0 Å². The minimum atomic E-state index is -0.228. The second kappa shape index (κ2) is 10.8. The van der Waals surface area contributed by atoms with Crippen LogP contribution < -0.4 is 24.6 Å². The summed E-state index contributed by atoms with van der Waals surface area (Å²) < 4.78 is 17.5. The summed E-state index contributed by atoms with van der Waals surface area (Å²) in [5, 5.41) is 3.42. The Bertz CT molecular complexity index is 1050. The molecule has 0 bridgehead atoms. The first-order valence-electron chi connectivity index (χ1n) is 12.0. The molecule has 2 aliphatic heterocycles. The minimum absolute atomic E-state index is 0.228. The maximum Gasteiger partial charge on any atom is 0.200 e. The Balaban J connectivity index is 1.46. The molecule has 1 unspecified atom stereocenters. The normalized spacial score (nSPS) is 18.0. The Hall–Kier alpha value is -3.29. The zero-order valence-electron chi connectivity index (χ0n) is 19.7. The highest BCUT2D eigenvalue weighted by Gasteiger charge is 2.21. The second-order valence-electron chi connectivity index (χ2n) is 8.60. The average Bonchev–Trinajstić information content (AvgIpc) is 3.42. The molecule has 2 aromatic carbocycles. The number of ether oxygens (including phenoxy) is 3. The lowest BCUT2D eigenvalue weighted by Crippen LogP contribution is -2.43. The minimum Gasteiger partial charge on any atom is -0.493 e. The molecule has 0 saturated carbocycles. The molecule has 34 heavy (non-hydrogen) atoms. The standard InChI is InChI=1S/C27H32N4O3/c1-32-25-11-10-24(18-26(25)34-27-5-3-17-33-27)31(20-21-4-2-12-29-19-21)23-8-6-22(7-9-23)30-15-13-28-14-16-30/h2,4,6-12,18-19,27-28H,3,5,13-17,20H2,1H3. The van der Waals surface area contributed by atoms with Crippen LogP contribution in [0.5, 0.6) is 11.5 Å². The van der Waals surface area contributed by atoms with Crippen LogP contribution in [0.25, 0.3) is 0 Å². The molecule has 3 heterocycles. The van der Waals surface area contributed by atoms with Gasteiger partial charge in [-0.1, -0.05) is 6.07 Å². The Morgan fingerprint density at radius 1 is 1.06 bits per heavy atom. The SMILES string of the molecule is COc1ccc(N(Cc2cccnc2)c2ccc(N3CCNCC3)cc2)cc1OC1CCCO1. The lowest BCUT2D eigenvalue weighted by Gasteiger charge is -2.31. The third-order valence-corrected chi connectivity index (χ3v) is 6.31. The number of anilines is 3. The summed E-state index contributed by atoms with van der Waals surface area (Å²) >= 11 is 0. The van der Waals surface area contributed by atoms with Crippen LogP contribution in [0, 0.1) is 0 Å². The van der Waals surface area contributed by atoms with E-state index in [4.69, 9.17) is 14.2 Å². The Morgan fingerprint density at radius 3 is 2.59 bits per heavy atom. The molecule has 7 nitrogen and oxygen atoms in total. The lowest BCUT2D eigenvalue weighted by molar-refractivity contribution is -0.0402. The predicted molar refractivity (Wildman–Crippen MR) is 134 cm³/mol. The van der Waals surface area contributed by atoms with Crippen LogP contribution in [0.4, 0.5) is 17.1 Å². The number of pyridine rings is 1. The first-order valence-corrected chi connectivity index (χ1v) is 12.0. The van der Waals surface area contributed by atoms with Crippen molar-refractivity contribution in [3.05, 3.63) is 72.6 Å². The van der Waals surface area contributed by atoms with E-state index in [9.17, 15) is 0 Å². The predicted octanol–water partition coefficient (Wildman–Crippen LogP) is 4.35. The average molecular weight is 461 g/mol. The van der Waals surface area contributed by atoms with Gasteiger partial charge in [0.2, 0.25) is 0 Å².